The van der Waals surface area contributed by atoms with Gasteiger partial charge in [0.1, 0.15) is 11.3 Å². The molecule has 5 nitrogen and oxygen atoms in total. The lowest BCUT2D eigenvalue weighted by Gasteiger charge is -2.47. The molecule has 2 saturated heterocycles. The average molecular weight is 278 g/mol. The Bertz CT molecular complexity index is 485. The molecule has 1 aromatic heterocycles. The van der Waals surface area contributed by atoms with Gasteiger partial charge in [-0.25, -0.2) is 4.79 Å². The molecule has 3 heterocycles. The van der Waals surface area contributed by atoms with E-state index in [0.29, 0.717) is 30.0 Å². The maximum atomic E-state index is 11.1. The molecule has 2 aliphatic rings. The molecule has 1 aromatic rings. The molecular formula is C15H22N2O3. The molecule has 3 rings (SSSR count). The summed E-state index contributed by atoms with van der Waals surface area (Å²) in [5.41, 5.74) is 0.295. The summed E-state index contributed by atoms with van der Waals surface area (Å²) in [4.78, 5) is 16.1. The number of piperazine rings is 1. The van der Waals surface area contributed by atoms with Gasteiger partial charge in [0.2, 0.25) is 0 Å². The molecule has 0 amide bonds. The van der Waals surface area contributed by atoms with Crippen molar-refractivity contribution >= 4 is 5.97 Å². The van der Waals surface area contributed by atoms with Crippen LogP contribution in [0, 0.1) is 0 Å². The van der Waals surface area contributed by atoms with E-state index in [0.717, 1.165) is 13.1 Å². The van der Waals surface area contributed by atoms with Crippen LogP contribution >= 0.6 is 0 Å². The highest BCUT2D eigenvalue weighted by molar-refractivity contribution is 5.88. The van der Waals surface area contributed by atoms with Crippen LogP contribution in [-0.2, 0) is 6.54 Å². The summed E-state index contributed by atoms with van der Waals surface area (Å²) in [6.45, 7) is 6.12. The first-order chi connectivity index (χ1) is 9.65. The van der Waals surface area contributed by atoms with Crippen molar-refractivity contribution in [1.29, 1.82) is 0 Å². The standard InChI is InChI=1S/C15H22N2O3/c1-11-8-16-6-3-2-4-12(16)9-17(11)10-14-13(15(18)19)5-7-20-14/h5,7,11-12H,2-4,6,8-10H2,1H3,(H,18,19). The smallest absolute Gasteiger partial charge is 0.339 e. The van der Waals surface area contributed by atoms with Gasteiger partial charge in [0, 0.05) is 25.2 Å². The van der Waals surface area contributed by atoms with Gasteiger partial charge >= 0.3 is 5.97 Å². The van der Waals surface area contributed by atoms with Crippen LogP contribution in [0.15, 0.2) is 16.7 Å². The summed E-state index contributed by atoms with van der Waals surface area (Å²) < 4.78 is 5.38. The number of aromatic carboxylic acids is 1. The van der Waals surface area contributed by atoms with E-state index in [2.05, 4.69) is 16.7 Å². The van der Waals surface area contributed by atoms with Crippen molar-refractivity contribution in [2.75, 3.05) is 19.6 Å². The zero-order valence-electron chi connectivity index (χ0n) is 11.9. The lowest BCUT2D eigenvalue weighted by molar-refractivity contribution is 0.00779. The molecule has 0 bridgehead atoms. The summed E-state index contributed by atoms with van der Waals surface area (Å²) in [7, 11) is 0. The summed E-state index contributed by atoms with van der Waals surface area (Å²) in [6.07, 6.45) is 5.35. The quantitative estimate of drug-likeness (QED) is 0.917. The molecule has 0 radical (unpaired) electrons. The van der Waals surface area contributed by atoms with E-state index in [1.807, 2.05) is 0 Å². The first-order valence-corrected chi connectivity index (χ1v) is 7.43. The number of furan rings is 1. The minimum absolute atomic E-state index is 0.295. The Morgan fingerprint density at radius 2 is 2.30 bits per heavy atom. The van der Waals surface area contributed by atoms with Crippen LogP contribution in [-0.4, -0.2) is 52.6 Å². The van der Waals surface area contributed by atoms with Crippen molar-refractivity contribution in [3.63, 3.8) is 0 Å². The van der Waals surface area contributed by atoms with Crippen LogP contribution in [0.1, 0.15) is 42.3 Å². The highest BCUT2D eigenvalue weighted by Gasteiger charge is 2.33. The second-order valence-corrected chi connectivity index (χ2v) is 5.99. The normalized spacial score (nSPS) is 28.2. The van der Waals surface area contributed by atoms with E-state index in [4.69, 9.17) is 9.52 Å². The highest BCUT2D eigenvalue weighted by atomic mass is 16.4. The van der Waals surface area contributed by atoms with Crippen LogP contribution in [0.5, 0.6) is 0 Å². The average Bonchev–Trinajstić information content (AvgIpc) is 2.88. The van der Waals surface area contributed by atoms with Crippen LogP contribution in [0.3, 0.4) is 0 Å². The van der Waals surface area contributed by atoms with Crippen LogP contribution < -0.4 is 0 Å². The van der Waals surface area contributed by atoms with E-state index in [9.17, 15) is 4.79 Å². The molecule has 0 aromatic carbocycles. The second kappa shape index (κ2) is 5.58. The van der Waals surface area contributed by atoms with Gasteiger partial charge < -0.3 is 9.52 Å². The number of carboxylic acids is 1. The van der Waals surface area contributed by atoms with Gasteiger partial charge in [-0.1, -0.05) is 6.42 Å². The van der Waals surface area contributed by atoms with Crippen molar-refractivity contribution in [1.82, 2.24) is 9.80 Å². The van der Waals surface area contributed by atoms with Gasteiger partial charge in [0.25, 0.3) is 0 Å². The number of nitrogens with zero attached hydrogens (tertiary/aromatic N) is 2. The predicted octanol–water partition coefficient (Wildman–Crippen LogP) is 2.04. The monoisotopic (exact) mass is 278 g/mol. The van der Waals surface area contributed by atoms with Crippen LogP contribution in [0.2, 0.25) is 0 Å². The number of hydrogen-bond acceptors (Lipinski definition) is 4. The minimum Gasteiger partial charge on any atom is -0.478 e. The predicted molar refractivity (Wildman–Crippen MR) is 74.8 cm³/mol. The van der Waals surface area contributed by atoms with Crippen LogP contribution in [0.4, 0.5) is 0 Å². The van der Waals surface area contributed by atoms with Gasteiger partial charge in [0.05, 0.1) is 12.8 Å². The third-order valence-corrected chi connectivity index (χ3v) is 4.64. The van der Waals surface area contributed by atoms with Crippen molar-refractivity contribution in [2.24, 2.45) is 0 Å². The van der Waals surface area contributed by atoms with Gasteiger partial charge in [-0.2, -0.15) is 0 Å². The molecule has 2 atom stereocenters. The van der Waals surface area contributed by atoms with E-state index in [-0.39, 0.29) is 0 Å². The summed E-state index contributed by atoms with van der Waals surface area (Å²) >= 11 is 0. The lowest BCUT2D eigenvalue weighted by Crippen LogP contribution is -2.58. The number of hydrogen-bond donors (Lipinski definition) is 1. The number of carbonyl (C=O) groups is 1. The number of fused-ring (bicyclic) bond motifs is 1. The Morgan fingerprint density at radius 3 is 3.10 bits per heavy atom. The molecule has 0 saturated carbocycles. The third-order valence-electron chi connectivity index (χ3n) is 4.64. The SMILES string of the molecule is CC1CN2CCCCC2CN1Cc1occc1C(=O)O. The van der Waals surface area contributed by atoms with Gasteiger partial charge in [0.15, 0.2) is 0 Å². The molecular weight excluding hydrogens is 256 g/mol. The van der Waals surface area contributed by atoms with Gasteiger partial charge in [-0.05, 0) is 32.4 Å². The van der Waals surface area contributed by atoms with E-state index < -0.39 is 5.97 Å². The van der Waals surface area contributed by atoms with E-state index in [1.165, 1.54) is 32.1 Å². The molecule has 0 spiro atoms. The Morgan fingerprint density at radius 1 is 1.45 bits per heavy atom. The zero-order valence-corrected chi connectivity index (χ0v) is 11.9. The summed E-state index contributed by atoms with van der Waals surface area (Å²) in [5.74, 6) is -0.327. The summed E-state index contributed by atoms with van der Waals surface area (Å²) in [5, 5.41) is 9.15. The zero-order chi connectivity index (χ0) is 14.1. The molecule has 2 aliphatic heterocycles. The molecule has 2 fully saturated rings. The molecule has 0 aliphatic carbocycles. The van der Waals surface area contributed by atoms with E-state index >= 15 is 0 Å². The number of rotatable bonds is 3. The van der Waals surface area contributed by atoms with Crippen molar-refractivity contribution in [3.05, 3.63) is 23.7 Å². The van der Waals surface area contributed by atoms with Gasteiger partial charge in [-0.15, -0.1) is 0 Å². The lowest BCUT2D eigenvalue weighted by atomic mass is 9.97. The first-order valence-electron chi connectivity index (χ1n) is 7.43. The topological polar surface area (TPSA) is 56.9 Å². The minimum atomic E-state index is -0.905. The fourth-order valence-corrected chi connectivity index (χ4v) is 3.47. The van der Waals surface area contributed by atoms with Crippen molar-refractivity contribution < 1.29 is 14.3 Å². The highest BCUT2D eigenvalue weighted by Crippen LogP contribution is 2.26. The van der Waals surface area contributed by atoms with Crippen LogP contribution in [0.25, 0.3) is 0 Å². The number of piperidine rings is 1. The molecule has 2 unspecified atom stereocenters. The fourth-order valence-electron chi connectivity index (χ4n) is 3.47. The maximum absolute atomic E-state index is 11.1. The van der Waals surface area contributed by atoms with Crippen molar-refractivity contribution in [2.45, 2.75) is 44.8 Å². The van der Waals surface area contributed by atoms with E-state index in [1.54, 1.807) is 6.07 Å². The number of carboxylic acid groups (broad SMARTS) is 1. The first kappa shape index (κ1) is 13.6. The Kier molecular flexibility index (Phi) is 3.81. The molecule has 110 valence electrons. The second-order valence-electron chi connectivity index (χ2n) is 5.99. The molecule has 5 heteroatoms. The summed E-state index contributed by atoms with van der Waals surface area (Å²) in [6, 6.07) is 2.61. The Labute approximate surface area is 119 Å². The third kappa shape index (κ3) is 2.60. The largest absolute Gasteiger partial charge is 0.478 e. The van der Waals surface area contributed by atoms with Crippen molar-refractivity contribution in [3.8, 4) is 0 Å². The Balaban J connectivity index is 1.70. The van der Waals surface area contributed by atoms with Gasteiger partial charge in [-0.3, -0.25) is 9.80 Å². The molecule has 20 heavy (non-hydrogen) atoms. The maximum Gasteiger partial charge on any atom is 0.339 e. The Hall–Kier alpha value is -1.33. The molecule has 1 N–H and O–H groups in total. The fraction of sp³-hybridized carbons (Fsp3) is 0.667.